The van der Waals surface area contributed by atoms with Crippen LogP contribution in [0.25, 0.3) is 16.8 Å². The molecule has 4 aromatic rings. The fourth-order valence-corrected chi connectivity index (χ4v) is 4.24. The van der Waals surface area contributed by atoms with Crippen LogP contribution in [-0.4, -0.2) is 26.8 Å². The number of anilines is 1. The first-order chi connectivity index (χ1) is 15.4. The van der Waals surface area contributed by atoms with Gasteiger partial charge in [0.1, 0.15) is 5.76 Å². The van der Waals surface area contributed by atoms with Crippen molar-refractivity contribution < 1.29 is 14.7 Å². The van der Waals surface area contributed by atoms with Crippen LogP contribution < -0.4 is 4.90 Å². The highest BCUT2D eigenvalue weighted by atomic mass is 35.5. The lowest BCUT2D eigenvalue weighted by Gasteiger charge is -2.23. The van der Waals surface area contributed by atoms with Crippen LogP contribution in [0.2, 0.25) is 5.02 Å². The number of nitrogens with one attached hydrogen (secondary N) is 1. The molecule has 0 saturated carbocycles. The van der Waals surface area contributed by atoms with Crippen LogP contribution >= 0.6 is 11.6 Å². The van der Waals surface area contributed by atoms with Gasteiger partial charge in [0.25, 0.3) is 5.78 Å². The molecule has 2 N–H and O–H groups in total. The van der Waals surface area contributed by atoms with E-state index in [4.69, 9.17) is 11.6 Å². The van der Waals surface area contributed by atoms with Gasteiger partial charge in [0, 0.05) is 10.6 Å². The summed E-state index contributed by atoms with van der Waals surface area (Å²) in [6.07, 6.45) is 0. The van der Waals surface area contributed by atoms with Crippen molar-refractivity contribution >= 4 is 46.0 Å². The van der Waals surface area contributed by atoms with E-state index in [0.717, 1.165) is 11.1 Å². The van der Waals surface area contributed by atoms with E-state index in [9.17, 15) is 14.7 Å². The molecule has 1 unspecified atom stereocenters. The van der Waals surface area contributed by atoms with Crippen LogP contribution in [0.5, 0.6) is 0 Å². The molecule has 1 fully saturated rings. The van der Waals surface area contributed by atoms with Crippen LogP contribution in [-0.2, 0) is 9.59 Å². The van der Waals surface area contributed by atoms with Crippen molar-refractivity contribution in [3.05, 3.63) is 100 Å². The average molecular weight is 444 g/mol. The summed E-state index contributed by atoms with van der Waals surface area (Å²) in [5.41, 5.74) is 3.40. The molecule has 32 heavy (non-hydrogen) atoms. The second kappa shape index (κ2) is 7.66. The standard InChI is InChI=1S/C25H18ClN3O3/c1-14-6-4-7-15(12-14)21-20(22(30)16-8-5-9-17(26)13-16)23(31)24(32)29(21)25-27-18-10-2-3-11-19(18)28-25/h2-13,21,30H,1H3,(H,27,28)/b22-20+. The number of hydrogen-bond donors (Lipinski definition) is 2. The third-order valence-electron chi connectivity index (χ3n) is 5.51. The zero-order valence-electron chi connectivity index (χ0n) is 17.0. The number of aliphatic hydroxyl groups is 1. The number of aliphatic hydroxyl groups excluding tert-OH is 1. The molecule has 6 nitrogen and oxygen atoms in total. The lowest BCUT2D eigenvalue weighted by molar-refractivity contribution is -0.132. The van der Waals surface area contributed by atoms with Gasteiger partial charge in [0.05, 0.1) is 22.6 Å². The molecule has 0 bridgehead atoms. The second-order valence-corrected chi connectivity index (χ2v) is 8.11. The summed E-state index contributed by atoms with van der Waals surface area (Å²) in [6, 6.07) is 20.5. The lowest BCUT2D eigenvalue weighted by Crippen LogP contribution is -2.30. The molecule has 7 heteroatoms. The number of aromatic nitrogens is 2. The molecule has 1 amide bonds. The first-order valence-corrected chi connectivity index (χ1v) is 10.4. The van der Waals surface area contributed by atoms with Crippen LogP contribution in [0.15, 0.2) is 78.4 Å². The predicted octanol–water partition coefficient (Wildman–Crippen LogP) is 5.15. The van der Waals surface area contributed by atoms with Gasteiger partial charge in [0.15, 0.2) is 0 Å². The van der Waals surface area contributed by atoms with Gasteiger partial charge >= 0.3 is 5.91 Å². The molecule has 1 saturated heterocycles. The Labute approximate surface area is 188 Å². The molecule has 0 spiro atoms. The van der Waals surface area contributed by atoms with E-state index in [2.05, 4.69) is 9.97 Å². The Bertz CT molecular complexity index is 1390. The van der Waals surface area contributed by atoms with Gasteiger partial charge in [0.2, 0.25) is 5.95 Å². The average Bonchev–Trinajstić information content (AvgIpc) is 3.32. The number of fused-ring (bicyclic) bond motifs is 1. The van der Waals surface area contributed by atoms with Crippen molar-refractivity contribution in [1.29, 1.82) is 0 Å². The summed E-state index contributed by atoms with van der Waals surface area (Å²) in [5.74, 6) is -1.59. The first-order valence-electron chi connectivity index (χ1n) is 10.0. The first kappa shape index (κ1) is 20.0. The molecule has 0 radical (unpaired) electrons. The monoisotopic (exact) mass is 443 g/mol. The Morgan fingerprint density at radius 2 is 1.81 bits per heavy atom. The Hall–Kier alpha value is -3.90. The Kier molecular flexibility index (Phi) is 4.79. The number of carbonyl (C=O) groups is 2. The number of Topliss-reactive ketones (excluding diaryl/α,β-unsaturated/α-hetero) is 1. The highest BCUT2D eigenvalue weighted by molar-refractivity contribution is 6.51. The summed E-state index contributed by atoms with van der Waals surface area (Å²) >= 11 is 6.09. The maximum atomic E-state index is 13.2. The number of para-hydroxylation sites is 2. The largest absolute Gasteiger partial charge is 0.507 e. The van der Waals surface area contributed by atoms with Gasteiger partial charge in [-0.25, -0.2) is 4.98 Å². The predicted molar refractivity (Wildman–Crippen MR) is 124 cm³/mol. The van der Waals surface area contributed by atoms with Crippen molar-refractivity contribution in [2.75, 3.05) is 4.90 Å². The smallest absolute Gasteiger partial charge is 0.302 e. The fraction of sp³-hybridized carbons (Fsp3) is 0.0800. The number of imidazole rings is 1. The van der Waals surface area contributed by atoms with Gasteiger partial charge in [-0.3, -0.25) is 14.5 Å². The summed E-state index contributed by atoms with van der Waals surface area (Å²) in [5, 5.41) is 11.5. The highest BCUT2D eigenvalue weighted by Crippen LogP contribution is 2.42. The Balaban J connectivity index is 1.75. The van der Waals surface area contributed by atoms with Crippen molar-refractivity contribution in [2.24, 2.45) is 0 Å². The third kappa shape index (κ3) is 3.25. The summed E-state index contributed by atoms with van der Waals surface area (Å²) in [4.78, 5) is 35.4. The number of halogens is 1. The molecule has 1 aliphatic heterocycles. The number of aromatic amines is 1. The number of aryl methyl sites for hydroxylation is 1. The van der Waals surface area contributed by atoms with E-state index in [0.29, 0.717) is 21.7 Å². The van der Waals surface area contributed by atoms with Crippen LogP contribution in [0, 0.1) is 6.92 Å². The number of ketones is 1. The van der Waals surface area contributed by atoms with Crippen LogP contribution in [0.4, 0.5) is 5.95 Å². The number of nitrogens with zero attached hydrogens (tertiary/aromatic N) is 2. The van der Waals surface area contributed by atoms with Gasteiger partial charge in [-0.05, 0) is 36.8 Å². The Morgan fingerprint density at radius 3 is 2.56 bits per heavy atom. The van der Waals surface area contributed by atoms with E-state index >= 15 is 0 Å². The molecule has 1 aliphatic rings. The van der Waals surface area contributed by atoms with E-state index in [1.807, 2.05) is 55.5 Å². The minimum atomic E-state index is -0.852. The molecule has 3 aromatic carbocycles. The zero-order valence-corrected chi connectivity index (χ0v) is 17.8. The molecular weight excluding hydrogens is 426 g/mol. The SMILES string of the molecule is Cc1cccc(C2/C(=C(\O)c3cccc(Cl)c3)C(=O)C(=O)N2c2nc3ccccc3[nH]2)c1. The third-order valence-corrected chi connectivity index (χ3v) is 5.74. The number of H-pyrrole nitrogens is 1. The number of benzene rings is 3. The van der Waals surface area contributed by atoms with E-state index in [-0.39, 0.29) is 17.3 Å². The highest BCUT2D eigenvalue weighted by Gasteiger charge is 2.48. The molecule has 2 heterocycles. The van der Waals surface area contributed by atoms with E-state index < -0.39 is 17.7 Å². The van der Waals surface area contributed by atoms with Gasteiger partial charge < -0.3 is 10.1 Å². The summed E-state index contributed by atoms with van der Waals surface area (Å²) in [7, 11) is 0. The van der Waals surface area contributed by atoms with Crippen LogP contribution in [0.3, 0.4) is 0 Å². The molecule has 0 aliphatic carbocycles. The molecule has 158 valence electrons. The zero-order chi connectivity index (χ0) is 22.4. The van der Waals surface area contributed by atoms with Gasteiger partial charge in [-0.2, -0.15) is 0 Å². The minimum Gasteiger partial charge on any atom is -0.507 e. The minimum absolute atomic E-state index is 0.0108. The number of carbonyl (C=O) groups excluding carboxylic acids is 2. The quantitative estimate of drug-likeness (QED) is 0.260. The molecule has 1 atom stereocenters. The lowest BCUT2D eigenvalue weighted by atomic mass is 9.94. The molecule has 1 aromatic heterocycles. The van der Waals surface area contributed by atoms with E-state index in [1.165, 1.54) is 4.90 Å². The maximum Gasteiger partial charge on any atom is 0.302 e. The fourth-order valence-electron chi connectivity index (χ4n) is 4.05. The van der Waals surface area contributed by atoms with Crippen LogP contribution in [0.1, 0.15) is 22.7 Å². The number of hydrogen-bond acceptors (Lipinski definition) is 4. The summed E-state index contributed by atoms with van der Waals surface area (Å²) in [6.45, 7) is 1.92. The van der Waals surface area contributed by atoms with Gasteiger partial charge in [-0.1, -0.05) is 65.7 Å². The normalized spacial score (nSPS) is 17.9. The number of rotatable bonds is 3. The van der Waals surface area contributed by atoms with Crippen molar-refractivity contribution in [2.45, 2.75) is 13.0 Å². The maximum absolute atomic E-state index is 13.2. The van der Waals surface area contributed by atoms with Crippen molar-refractivity contribution in [3.8, 4) is 0 Å². The van der Waals surface area contributed by atoms with Gasteiger partial charge in [-0.15, -0.1) is 0 Å². The van der Waals surface area contributed by atoms with Crippen molar-refractivity contribution in [3.63, 3.8) is 0 Å². The Morgan fingerprint density at radius 1 is 1.03 bits per heavy atom. The topological polar surface area (TPSA) is 86.3 Å². The van der Waals surface area contributed by atoms with Crippen molar-refractivity contribution in [1.82, 2.24) is 9.97 Å². The summed E-state index contributed by atoms with van der Waals surface area (Å²) < 4.78 is 0. The van der Waals surface area contributed by atoms with E-state index in [1.54, 1.807) is 24.3 Å². The number of amides is 1. The second-order valence-electron chi connectivity index (χ2n) is 7.67. The molecular formula is C25H18ClN3O3. The molecule has 5 rings (SSSR count).